The number of benzene rings is 1. The van der Waals surface area contributed by atoms with Gasteiger partial charge < -0.3 is 15.0 Å². The van der Waals surface area contributed by atoms with Crippen LogP contribution in [0.15, 0.2) is 18.2 Å². The number of fused-ring (bicyclic) bond motifs is 1. The maximum atomic E-state index is 12.9. The van der Waals surface area contributed by atoms with Gasteiger partial charge in [0.15, 0.2) is 0 Å². The van der Waals surface area contributed by atoms with Crippen LogP contribution in [0.2, 0.25) is 5.02 Å². The number of likely N-dealkylation sites (tertiary alicyclic amines) is 1. The van der Waals surface area contributed by atoms with E-state index in [1.165, 1.54) is 0 Å². The Bertz CT molecular complexity index is 535. The molecule has 1 aromatic carbocycles. The first-order valence-corrected chi connectivity index (χ1v) is 7.36. The second-order valence-electron chi connectivity index (χ2n) is 5.63. The Morgan fingerprint density at radius 3 is 3.00 bits per heavy atom. The number of rotatable bonds is 2. The standard InChI is InChI=1S/C15H19ClN2O2/c1-9-5-10-7-17-8-13(10)18(9)15(19)12-6-11(16)3-4-14(12)20-2/h3-4,6,9-10,13,17H,5,7-8H2,1-2H3. The molecule has 1 aromatic rings. The monoisotopic (exact) mass is 294 g/mol. The number of nitrogens with zero attached hydrogens (tertiary/aromatic N) is 1. The van der Waals surface area contributed by atoms with E-state index in [4.69, 9.17) is 16.3 Å². The fraction of sp³-hybridized carbons (Fsp3) is 0.533. The van der Waals surface area contributed by atoms with Crippen LogP contribution in [0.5, 0.6) is 5.75 Å². The fourth-order valence-corrected chi connectivity index (χ4v) is 3.67. The molecule has 1 N–H and O–H groups in total. The number of carbonyl (C=O) groups is 1. The van der Waals surface area contributed by atoms with Crippen LogP contribution < -0.4 is 10.1 Å². The molecule has 3 rings (SSSR count). The van der Waals surface area contributed by atoms with Crippen molar-refractivity contribution >= 4 is 17.5 Å². The largest absolute Gasteiger partial charge is 0.496 e. The van der Waals surface area contributed by atoms with Crippen LogP contribution in [-0.4, -0.2) is 43.1 Å². The van der Waals surface area contributed by atoms with Crippen molar-refractivity contribution in [1.82, 2.24) is 10.2 Å². The SMILES string of the molecule is COc1ccc(Cl)cc1C(=O)N1C(C)CC2CNCC21. The van der Waals surface area contributed by atoms with E-state index in [1.807, 2.05) is 4.90 Å². The Labute approximate surface area is 124 Å². The molecule has 5 heteroatoms. The Hall–Kier alpha value is -1.26. The minimum absolute atomic E-state index is 0.0213. The fourth-order valence-electron chi connectivity index (χ4n) is 3.50. The molecule has 3 unspecified atom stereocenters. The van der Waals surface area contributed by atoms with Gasteiger partial charge >= 0.3 is 0 Å². The number of nitrogens with one attached hydrogen (secondary N) is 1. The predicted octanol–water partition coefficient (Wildman–Crippen LogP) is 2.17. The molecule has 0 bridgehead atoms. The lowest BCUT2D eigenvalue weighted by molar-refractivity contribution is 0.0679. The molecule has 4 nitrogen and oxygen atoms in total. The highest BCUT2D eigenvalue weighted by atomic mass is 35.5. The van der Waals surface area contributed by atoms with Gasteiger partial charge in [0.1, 0.15) is 5.75 Å². The van der Waals surface area contributed by atoms with E-state index in [9.17, 15) is 4.79 Å². The molecule has 0 spiro atoms. The van der Waals surface area contributed by atoms with Crippen LogP contribution in [0, 0.1) is 5.92 Å². The third-order valence-electron chi connectivity index (χ3n) is 4.41. The van der Waals surface area contributed by atoms with Gasteiger partial charge in [-0.15, -0.1) is 0 Å². The molecular formula is C15H19ClN2O2. The zero-order valence-electron chi connectivity index (χ0n) is 11.7. The van der Waals surface area contributed by atoms with E-state index < -0.39 is 0 Å². The summed E-state index contributed by atoms with van der Waals surface area (Å²) >= 11 is 6.03. The van der Waals surface area contributed by atoms with Crippen molar-refractivity contribution < 1.29 is 9.53 Å². The summed E-state index contributed by atoms with van der Waals surface area (Å²) in [7, 11) is 1.58. The van der Waals surface area contributed by atoms with Crippen molar-refractivity contribution in [3.05, 3.63) is 28.8 Å². The van der Waals surface area contributed by atoms with E-state index in [0.717, 1.165) is 19.5 Å². The summed E-state index contributed by atoms with van der Waals surface area (Å²) < 4.78 is 5.31. The molecular weight excluding hydrogens is 276 g/mol. The van der Waals surface area contributed by atoms with Gasteiger partial charge in [0.25, 0.3) is 5.91 Å². The molecule has 0 aromatic heterocycles. The van der Waals surface area contributed by atoms with Crippen LogP contribution in [0.1, 0.15) is 23.7 Å². The molecule has 0 radical (unpaired) electrons. The second kappa shape index (κ2) is 5.26. The lowest BCUT2D eigenvalue weighted by Crippen LogP contribution is -2.42. The topological polar surface area (TPSA) is 41.6 Å². The molecule has 20 heavy (non-hydrogen) atoms. The summed E-state index contributed by atoms with van der Waals surface area (Å²) in [4.78, 5) is 14.9. The minimum atomic E-state index is 0.0213. The van der Waals surface area contributed by atoms with E-state index in [0.29, 0.717) is 28.3 Å². The van der Waals surface area contributed by atoms with Crippen LogP contribution in [-0.2, 0) is 0 Å². The molecule has 108 valence electrons. The third-order valence-corrected chi connectivity index (χ3v) is 4.64. The van der Waals surface area contributed by atoms with Crippen LogP contribution in [0.4, 0.5) is 0 Å². The maximum Gasteiger partial charge on any atom is 0.258 e. The summed E-state index contributed by atoms with van der Waals surface area (Å²) in [5.41, 5.74) is 0.555. The van der Waals surface area contributed by atoms with E-state index >= 15 is 0 Å². The average Bonchev–Trinajstić information content (AvgIpc) is 2.97. The Morgan fingerprint density at radius 2 is 2.25 bits per heavy atom. The van der Waals surface area contributed by atoms with Crippen molar-refractivity contribution in [2.75, 3.05) is 20.2 Å². The van der Waals surface area contributed by atoms with Gasteiger partial charge in [-0.2, -0.15) is 0 Å². The summed E-state index contributed by atoms with van der Waals surface area (Å²) in [6.45, 7) is 4.00. The lowest BCUT2D eigenvalue weighted by Gasteiger charge is -2.28. The smallest absolute Gasteiger partial charge is 0.258 e. The Morgan fingerprint density at radius 1 is 1.45 bits per heavy atom. The quantitative estimate of drug-likeness (QED) is 0.909. The van der Waals surface area contributed by atoms with E-state index in [1.54, 1.807) is 25.3 Å². The summed E-state index contributed by atoms with van der Waals surface area (Å²) in [5, 5.41) is 3.93. The molecule has 2 saturated heterocycles. The summed E-state index contributed by atoms with van der Waals surface area (Å²) in [5.74, 6) is 1.17. The van der Waals surface area contributed by atoms with E-state index in [-0.39, 0.29) is 11.9 Å². The molecule has 0 saturated carbocycles. The number of carbonyl (C=O) groups excluding carboxylic acids is 1. The zero-order chi connectivity index (χ0) is 14.3. The zero-order valence-corrected chi connectivity index (χ0v) is 12.5. The van der Waals surface area contributed by atoms with Gasteiger partial charge in [-0.1, -0.05) is 11.6 Å². The maximum absolute atomic E-state index is 12.9. The van der Waals surface area contributed by atoms with E-state index in [2.05, 4.69) is 12.2 Å². The molecule has 1 amide bonds. The molecule has 2 aliphatic heterocycles. The number of halogens is 1. The van der Waals surface area contributed by atoms with Gasteiger partial charge in [0.05, 0.1) is 12.7 Å². The number of amides is 1. The third kappa shape index (κ3) is 2.17. The first-order valence-electron chi connectivity index (χ1n) is 6.98. The van der Waals surface area contributed by atoms with Gasteiger partial charge in [0, 0.05) is 30.2 Å². The lowest BCUT2D eigenvalue weighted by atomic mass is 10.0. The molecule has 2 heterocycles. The Kier molecular flexibility index (Phi) is 3.61. The number of methoxy groups -OCH3 is 1. The van der Waals surface area contributed by atoms with Crippen molar-refractivity contribution in [1.29, 1.82) is 0 Å². The molecule has 2 fully saturated rings. The average molecular weight is 295 g/mol. The Balaban J connectivity index is 1.94. The van der Waals surface area contributed by atoms with Crippen LogP contribution >= 0.6 is 11.6 Å². The minimum Gasteiger partial charge on any atom is -0.496 e. The van der Waals surface area contributed by atoms with Crippen molar-refractivity contribution in [3.8, 4) is 5.75 Å². The number of hydrogen-bond donors (Lipinski definition) is 1. The number of ether oxygens (including phenoxy) is 1. The second-order valence-corrected chi connectivity index (χ2v) is 6.06. The molecule has 3 atom stereocenters. The number of hydrogen-bond acceptors (Lipinski definition) is 3. The van der Waals surface area contributed by atoms with Crippen LogP contribution in [0.25, 0.3) is 0 Å². The summed E-state index contributed by atoms with van der Waals surface area (Å²) in [6.07, 6.45) is 1.06. The van der Waals surface area contributed by atoms with Gasteiger partial charge in [-0.05, 0) is 37.5 Å². The first-order chi connectivity index (χ1) is 9.61. The van der Waals surface area contributed by atoms with Gasteiger partial charge in [-0.3, -0.25) is 4.79 Å². The molecule has 0 aliphatic carbocycles. The molecule has 2 aliphatic rings. The summed E-state index contributed by atoms with van der Waals surface area (Å²) in [6, 6.07) is 5.75. The van der Waals surface area contributed by atoms with Crippen molar-refractivity contribution in [3.63, 3.8) is 0 Å². The predicted molar refractivity (Wildman–Crippen MR) is 78.4 cm³/mol. The van der Waals surface area contributed by atoms with Gasteiger partial charge in [-0.25, -0.2) is 0 Å². The highest BCUT2D eigenvalue weighted by molar-refractivity contribution is 6.31. The normalized spacial score (nSPS) is 28.6. The van der Waals surface area contributed by atoms with Crippen molar-refractivity contribution in [2.24, 2.45) is 5.92 Å². The van der Waals surface area contributed by atoms with Crippen molar-refractivity contribution in [2.45, 2.75) is 25.4 Å². The highest BCUT2D eigenvalue weighted by Crippen LogP contribution is 2.35. The first kappa shape index (κ1) is 13.7. The van der Waals surface area contributed by atoms with Crippen LogP contribution in [0.3, 0.4) is 0 Å². The highest BCUT2D eigenvalue weighted by Gasteiger charge is 2.44. The van der Waals surface area contributed by atoms with Gasteiger partial charge in [0.2, 0.25) is 0 Å².